The molecule has 5 rings (SSSR count). The maximum atomic E-state index is 12.8. The smallest absolute Gasteiger partial charge is 0.307 e. The first-order valence-electron chi connectivity index (χ1n) is 8.75. The van der Waals surface area contributed by atoms with Crippen LogP contribution in [0.3, 0.4) is 0 Å². The second-order valence-electron chi connectivity index (χ2n) is 6.96. The molecule has 7 nitrogen and oxygen atoms in total. The van der Waals surface area contributed by atoms with Gasteiger partial charge in [0.25, 0.3) is 0 Å². The Kier molecular flexibility index (Phi) is 4.28. The van der Waals surface area contributed by atoms with Gasteiger partial charge >= 0.3 is 5.97 Å². The number of carboxylic acid groups (broad SMARTS) is 1. The van der Waals surface area contributed by atoms with Gasteiger partial charge in [0.15, 0.2) is 0 Å². The van der Waals surface area contributed by atoms with Crippen LogP contribution in [0.5, 0.6) is 0 Å². The highest BCUT2D eigenvalue weighted by Gasteiger charge is 2.48. The molecular weight excluding hydrogens is 332 g/mol. The first kappa shape index (κ1) is 16.5. The molecule has 1 heterocycles. The molecule has 1 amide bonds. The average molecular weight is 352 g/mol. The number of benzene rings is 1. The van der Waals surface area contributed by atoms with E-state index in [1.165, 1.54) is 6.33 Å². The monoisotopic (exact) mass is 352 g/mol. The van der Waals surface area contributed by atoms with Crippen molar-refractivity contribution in [2.45, 2.75) is 19.4 Å². The molecule has 3 aliphatic carbocycles. The number of carbonyl (C=O) groups is 2. The van der Waals surface area contributed by atoms with Crippen LogP contribution in [0.15, 0.2) is 49.1 Å². The molecule has 7 heteroatoms. The largest absolute Gasteiger partial charge is 0.481 e. The molecule has 0 spiro atoms. The number of nitrogens with one attached hydrogen (secondary N) is 1. The third kappa shape index (κ3) is 3.12. The summed E-state index contributed by atoms with van der Waals surface area (Å²) in [6, 6.07) is 7.49. The Bertz CT molecular complexity index is 829. The number of hydrogen-bond donors (Lipinski definition) is 2. The van der Waals surface area contributed by atoms with Crippen LogP contribution in [0.25, 0.3) is 0 Å². The van der Waals surface area contributed by atoms with E-state index in [1.54, 1.807) is 11.0 Å². The third-order valence-electron chi connectivity index (χ3n) is 5.37. The molecule has 1 saturated carbocycles. The summed E-state index contributed by atoms with van der Waals surface area (Å²) in [4.78, 5) is 28.4. The molecule has 2 N–H and O–H groups in total. The molecular formula is C19H20N4O3. The maximum Gasteiger partial charge on any atom is 0.307 e. The lowest BCUT2D eigenvalue weighted by atomic mass is 9.62. The number of rotatable bonds is 5. The summed E-state index contributed by atoms with van der Waals surface area (Å²) in [5.74, 6) is -2.27. The van der Waals surface area contributed by atoms with Crippen LogP contribution in [0.2, 0.25) is 0 Å². The number of hydrogen-bond acceptors (Lipinski definition) is 4. The predicted molar refractivity (Wildman–Crippen MR) is 94.2 cm³/mol. The standard InChI is InChI=1S/C19H20N4O3/c24-18(16-13-3-5-14(6-4-13)17(16)19(25)26)22-15-7-1-12(2-8-15)9-23-11-20-10-21-23/h1-3,5,7-8,10-11,13-14,16-17H,4,6,9H2,(H,22,24)(H,25,26)/t13-,14-,16+,17-/m0/s1. The average Bonchev–Trinajstić information content (AvgIpc) is 3.16. The van der Waals surface area contributed by atoms with Crippen molar-refractivity contribution in [3.05, 3.63) is 54.6 Å². The quantitative estimate of drug-likeness (QED) is 0.804. The number of aromatic nitrogens is 3. The summed E-state index contributed by atoms with van der Waals surface area (Å²) < 4.78 is 1.72. The SMILES string of the molecule is O=C(O)[C@@H]1[C@H](C(=O)Nc2ccc(Cn3cncn3)cc2)[C@H]2C=C[C@H]1CC2. The van der Waals surface area contributed by atoms with Crippen molar-refractivity contribution in [3.8, 4) is 0 Å². The zero-order valence-corrected chi connectivity index (χ0v) is 14.2. The van der Waals surface area contributed by atoms with Gasteiger partial charge in [-0.05, 0) is 42.4 Å². The van der Waals surface area contributed by atoms with Crippen LogP contribution >= 0.6 is 0 Å². The zero-order valence-electron chi connectivity index (χ0n) is 14.2. The van der Waals surface area contributed by atoms with Crippen LogP contribution in [-0.4, -0.2) is 31.7 Å². The summed E-state index contributed by atoms with van der Waals surface area (Å²) in [7, 11) is 0. The van der Waals surface area contributed by atoms with E-state index in [0.29, 0.717) is 12.2 Å². The van der Waals surface area contributed by atoms with E-state index in [2.05, 4.69) is 15.4 Å². The van der Waals surface area contributed by atoms with Crippen molar-refractivity contribution in [2.24, 2.45) is 23.7 Å². The molecule has 0 aliphatic heterocycles. The van der Waals surface area contributed by atoms with Gasteiger partial charge in [-0.2, -0.15) is 5.10 Å². The van der Waals surface area contributed by atoms with Gasteiger partial charge in [0.05, 0.1) is 18.4 Å². The van der Waals surface area contributed by atoms with Crippen molar-refractivity contribution in [2.75, 3.05) is 5.32 Å². The van der Waals surface area contributed by atoms with Crippen LogP contribution < -0.4 is 5.32 Å². The van der Waals surface area contributed by atoms with Crippen molar-refractivity contribution in [1.29, 1.82) is 0 Å². The van der Waals surface area contributed by atoms with Crippen LogP contribution in [0.4, 0.5) is 5.69 Å². The Balaban J connectivity index is 1.45. The molecule has 1 aromatic heterocycles. The predicted octanol–water partition coefficient (Wildman–Crippen LogP) is 2.18. The van der Waals surface area contributed by atoms with Gasteiger partial charge in [-0.1, -0.05) is 24.3 Å². The van der Waals surface area contributed by atoms with Gasteiger partial charge in [0.2, 0.25) is 5.91 Å². The first-order valence-corrected chi connectivity index (χ1v) is 8.75. The zero-order chi connectivity index (χ0) is 18.1. The molecule has 1 fully saturated rings. The Morgan fingerprint density at radius 2 is 1.81 bits per heavy atom. The highest BCUT2D eigenvalue weighted by molar-refractivity contribution is 5.96. The molecule has 1 aromatic carbocycles. The Hall–Kier alpha value is -2.96. The van der Waals surface area contributed by atoms with Crippen LogP contribution in [-0.2, 0) is 16.1 Å². The van der Waals surface area contributed by atoms with Gasteiger partial charge in [-0.3, -0.25) is 9.59 Å². The van der Waals surface area contributed by atoms with Crippen molar-refractivity contribution in [1.82, 2.24) is 14.8 Å². The fourth-order valence-corrected chi connectivity index (χ4v) is 4.11. The summed E-state index contributed by atoms with van der Waals surface area (Å²) in [5.41, 5.74) is 1.71. The molecule has 26 heavy (non-hydrogen) atoms. The fraction of sp³-hybridized carbons (Fsp3) is 0.368. The van der Waals surface area contributed by atoms with E-state index >= 15 is 0 Å². The van der Waals surface area contributed by atoms with E-state index in [4.69, 9.17) is 0 Å². The summed E-state index contributed by atoms with van der Waals surface area (Å²) in [6.45, 7) is 0.604. The van der Waals surface area contributed by atoms with E-state index in [-0.39, 0.29) is 17.7 Å². The molecule has 4 atom stereocenters. The number of carbonyl (C=O) groups excluding carboxylic acids is 1. The molecule has 2 bridgehead atoms. The molecule has 0 radical (unpaired) electrons. The van der Waals surface area contributed by atoms with Gasteiger partial charge < -0.3 is 10.4 Å². The van der Waals surface area contributed by atoms with E-state index in [0.717, 1.165) is 18.4 Å². The molecule has 3 aliphatic rings. The number of nitrogens with zero attached hydrogens (tertiary/aromatic N) is 3. The van der Waals surface area contributed by atoms with E-state index < -0.39 is 17.8 Å². The summed E-state index contributed by atoms with van der Waals surface area (Å²) in [6.07, 6.45) is 8.83. The third-order valence-corrected chi connectivity index (χ3v) is 5.37. The normalized spacial score (nSPS) is 26.6. The minimum atomic E-state index is -0.882. The number of anilines is 1. The molecule has 134 valence electrons. The first-order chi connectivity index (χ1) is 12.6. The summed E-state index contributed by atoms with van der Waals surface area (Å²) in [5, 5.41) is 16.5. The molecule has 2 aromatic rings. The lowest BCUT2D eigenvalue weighted by Gasteiger charge is -2.41. The number of aliphatic carboxylic acids is 1. The van der Waals surface area contributed by atoms with Crippen molar-refractivity contribution < 1.29 is 14.7 Å². The Morgan fingerprint density at radius 1 is 1.12 bits per heavy atom. The second kappa shape index (κ2) is 6.74. The van der Waals surface area contributed by atoms with Gasteiger partial charge in [-0.25, -0.2) is 9.67 Å². The highest BCUT2D eigenvalue weighted by atomic mass is 16.4. The number of allylic oxidation sites excluding steroid dienone is 2. The van der Waals surface area contributed by atoms with Crippen LogP contribution in [0, 0.1) is 23.7 Å². The topological polar surface area (TPSA) is 97.1 Å². The van der Waals surface area contributed by atoms with Gasteiger partial charge in [-0.15, -0.1) is 0 Å². The number of amides is 1. The Labute approximate surface area is 150 Å². The molecule has 0 saturated heterocycles. The van der Waals surface area contributed by atoms with E-state index in [9.17, 15) is 14.7 Å². The van der Waals surface area contributed by atoms with Crippen LogP contribution in [0.1, 0.15) is 18.4 Å². The minimum Gasteiger partial charge on any atom is -0.481 e. The second-order valence-corrected chi connectivity index (χ2v) is 6.96. The highest BCUT2D eigenvalue weighted by Crippen LogP contribution is 2.45. The van der Waals surface area contributed by atoms with E-state index in [1.807, 2.05) is 36.4 Å². The molecule has 0 unspecified atom stereocenters. The van der Waals surface area contributed by atoms with Gasteiger partial charge in [0.1, 0.15) is 12.7 Å². The van der Waals surface area contributed by atoms with Gasteiger partial charge in [0, 0.05) is 5.69 Å². The number of carboxylic acids is 1. The van der Waals surface area contributed by atoms with Crippen molar-refractivity contribution in [3.63, 3.8) is 0 Å². The fourth-order valence-electron chi connectivity index (χ4n) is 4.11. The Morgan fingerprint density at radius 3 is 2.38 bits per heavy atom. The lowest BCUT2D eigenvalue weighted by molar-refractivity contribution is -0.151. The summed E-state index contributed by atoms with van der Waals surface area (Å²) >= 11 is 0. The van der Waals surface area contributed by atoms with Crippen molar-refractivity contribution >= 4 is 17.6 Å². The number of fused-ring (bicyclic) bond motifs is 2. The minimum absolute atomic E-state index is 0.00712. The lowest BCUT2D eigenvalue weighted by Crippen LogP contribution is -2.47. The maximum absolute atomic E-state index is 12.8.